The fourth-order valence-corrected chi connectivity index (χ4v) is 2.60. The fourth-order valence-electron chi connectivity index (χ4n) is 1.94. The van der Waals surface area contributed by atoms with E-state index >= 15 is 0 Å². The summed E-state index contributed by atoms with van der Waals surface area (Å²) in [6, 6.07) is 1.37. The van der Waals surface area contributed by atoms with Crippen molar-refractivity contribution in [2.24, 2.45) is 0 Å². The van der Waals surface area contributed by atoms with Gasteiger partial charge in [0.15, 0.2) is 10.7 Å². The Labute approximate surface area is 103 Å². The predicted octanol–water partition coefficient (Wildman–Crippen LogP) is 1.92. The molecule has 0 aliphatic heterocycles. The Kier molecular flexibility index (Phi) is 2.38. The van der Waals surface area contributed by atoms with E-state index in [0.717, 1.165) is 18.4 Å². The summed E-state index contributed by atoms with van der Waals surface area (Å²) in [5.74, 6) is 0.534. The zero-order valence-electron chi connectivity index (χ0n) is 8.88. The van der Waals surface area contributed by atoms with Gasteiger partial charge in [0.25, 0.3) is 9.05 Å². The molecule has 2 aromatic heterocycles. The average Bonchev–Trinajstić information content (AvgIpc) is 2.57. The number of nitrogens with zero attached hydrogens (tertiary/aromatic N) is 3. The smallest absolute Gasteiger partial charge is 0.237 e. The molecule has 17 heavy (non-hydrogen) atoms. The first-order valence-electron chi connectivity index (χ1n) is 5.34. The monoisotopic (exact) mass is 271 g/mol. The van der Waals surface area contributed by atoms with E-state index in [1.165, 1.54) is 17.0 Å². The molecule has 2 aromatic rings. The molecule has 0 saturated heterocycles. The van der Waals surface area contributed by atoms with Gasteiger partial charge in [-0.05, 0) is 24.3 Å². The van der Waals surface area contributed by atoms with Gasteiger partial charge in [0, 0.05) is 29.1 Å². The highest BCUT2D eigenvalue weighted by Gasteiger charge is 2.21. The van der Waals surface area contributed by atoms with E-state index in [0.29, 0.717) is 11.6 Å². The summed E-state index contributed by atoms with van der Waals surface area (Å²) in [6.07, 6.45) is 7.18. The Hall–Kier alpha value is -1.14. The Morgan fingerprint density at radius 1 is 1.41 bits per heavy atom. The van der Waals surface area contributed by atoms with Crippen LogP contribution in [0.3, 0.4) is 0 Å². The lowest BCUT2D eigenvalue weighted by Gasteiger charge is -2.25. The van der Waals surface area contributed by atoms with Crippen molar-refractivity contribution in [3.8, 4) is 0 Å². The molecule has 0 aromatic carbocycles. The van der Waals surface area contributed by atoms with Gasteiger partial charge in [-0.25, -0.2) is 17.9 Å². The van der Waals surface area contributed by atoms with Gasteiger partial charge in [0.1, 0.15) is 0 Å². The summed E-state index contributed by atoms with van der Waals surface area (Å²) in [5, 5.41) is 3.76. The molecule has 90 valence electrons. The first-order chi connectivity index (χ1) is 8.04. The number of hydrogen-bond acceptors (Lipinski definition) is 4. The van der Waals surface area contributed by atoms with E-state index in [1.807, 2.05) is 6.20 Å². The Morgan fingerprint density at radius 2 is 2.18 bits per heavy atom. The summed E-state index contributed by atoms with van der Waals surface area (Å²) in [4.78, 5) is 4.20. The minimum absolute atomic E-state index is 0.155. The van der Waals surface area contributed by atoms with Gasteiger partial charge >= 0.3 is 0 Å². The molecule has 0 unspecified atom stereocenters. The fraction of sp³-hybridized carbons (Fsp3) is 0.400. The number of halogens is 1. The van der Waals surface area contributed by atoms with Gasteiger partial charge in [0.2, 0.25) is 0 Å². The standard InChI is InChI=1S/C10H10ClN3O2S/c11-17(15,16)10-4-9-12-5-8(6-14(9)13-10)7-2-1-3-7/h4-7H,1-3H2. The molecule has 1 aliphatic rings. The molecule has 7 heteroatoms. The third-order valence-corrected chi connectivity index (χ3v) is 4.31. The maximum atomic E-state index is 11.2. The first-order valence-corrected chi connectivity index (χ1v) is 7.65. The van der Waals surface area contributed by atoms with E-state index in [4.69, 9.17) is 10.7 Å². The van der Waals surface area contributed by atoms with Crippen molar-refractivity contribution in [1.82, 2.24) is 14.6 Å². The summed E-state index contributed by atoms with van der Waals surface area (Å²) >= 11 is 0. The van der Waals surface area contributed by atoms with Gasteiger partial charge in [-0.1, -0.05) is 6.42 Å². The maximum Gasteiger partial charge on any atom is 0.280 e. The lowest BCUT2D eigenvalue weighted by atomic mass is 9.81. The van der Waals surface area contributed by atoms with Crippen molar-refractivity contribution in [3.63, 3.8) is 0 Å². The minimum atomic E-state index is -3.79. The Balaban J connectivity index is 2.10. The zero-order chi connectivity index (χ0) is 12.0. The third kappa shape index (κ3) is 1.91. The highest BCUT2D eigenvalue weighted by atomic mass is 35.7. The van der Waals surface area contributed by atoms with E-state index in [2.05, 4.69) is 10.1 Å². The van der Waals surface area contributed by atoms with E-state index in [9.17, 15) is 8.42 Å². The van der Waals surface area contributed by atoms with Crippen LogP contribution in [0.2, 0.25) is 0 Å². The predicted molar refractivity (Wildman–Crippen MR) is 62.6 cm³/mol. The van der Waals surface area contributed by atoms with Crippen molar-refractivity contribution < 1.29 is 8.42 Å². The summed E-state index contributed by atoms with van der Waals surface area (Å²) in [7, 11) is 1.45. The molecule has 2 heterocycles. The van der Waals surface area contributed by atoms with E-state index < -0.39 is 9.05 Å². The topological polar surface area (TPSA) is 64.3 Å². The van der Waals surface area contributed by atoms with Crippen LogP contribution in [-0.4, -0.2) is 23.0 Å². The molecular formula is C10H10ClN3O2S. The van der Waals surface area contributed by atoms with Crippen LogP contribution in [0.25, 0.3) is 5.65 Å². The van der Waals surface area contributed by atoms with Crippen molar-refractivity contribution in [1.29, 1.82) is 0 Å². The first kappa shape index (κ1) is 11.0. The highest BCUT2D eigenvalue weighted by molar-refractivity contribution is 8.13. The SMILES string of the molecule is O=S(=O)(Cl)c1cc2ncc(C3CCC3)cn2n1. The van der Waals surface area contributed by atoms with Crippen molar-refractivity contribution >= 4 is 25.4 Å². The molecule has 0 radical (unpaired) electrons. The Morgan fingerprint density at radius 3 is 2.76 bits per heavy atom. The van der Waals surface area contributed by atoms with Crippen LogP contribution in [0, 0.1) is 0 Å². The van der Waals surface area contributed by atoms with Crippen LogP contribution in [0.15, 0.2) is 23.5 Å². The third-order valence-electron chi connectivity index (χ3n) is 3.14. The van der Waals surface area contributed by atoms with E-state index in [1.54, 1.807) is 6.20 Å². The molecule has 0 amide bonds. The molecule has 3 rings (SSSR count). The van der Waals surface area contributed by atoms with Gasteiger partial charge in [-0.3, -0.25) is 0 Å². The largest absolute Gasteiger partial charge is 0.280 e. The molecule has 1 saturated carbocycles. The number of hydrogen-bond donors (Lipinski definition) is 0. The number of fused-ring (bicyclic) bond motifs is 1. The molecular weight excluding hydrogens is 262 g/mol. The second-order valence-corrected chi connectivity index (χ2v) is 6.75. The average molecular weight is 272 g/mol. The molecule has 5 nitrogen and oxygen atoms in total. The number of aromatic nitrogens is 3. The molecule has 0 atom stereocenters. The number of rotatable bonds is 2. The van der Waals surface area contributed by atoms with Gasteiger partial charge in [-0.2, -0.15) is 5.10 Å². The summed E-state index contributed by atoms with van der Waals surface area (Å²) in [5.41, 5.74) is 1.60. The van der Waals surface area contributed by atoms with E-state index in [-0.39, 0.29) is 5.03 Å². The van der Waals surface area contributed by atoms with Crippen molar-refractivity contribution in [3.05, 3.63) is 24.0 Å². The summed E-state index contributed by atoms with van der Waals surface area (Å²) in [6.45, 7) is 0. The molecule has 0 N–H and O–H groups in total. The minimum Gasteiger partial charge on any atom is -0.237 e. The van der Waals surface area contributed by atoms with Crippen LogP contribution < -0.4 is 0 Å². The quantitative estimate of drug-likeness (QED) is 0.783. The van der Waals surface area contributed by atoms with Crippen molar-refractivity contribution in [2.75, 3.05) is 0 Å². The maximum absolute atomic E-state index is 11.2. The lowest BCUT2D eigenvalue weighted by molar-refractivity contribution is 0.417. The molecule has 1 fully saturated rings. The molecule has 1 aliphatic carbocycles. The second kappa shape index (κ2) is 3.68. The molecule has 0 spiro atoms. The van der Waals surface area contributed by atoms with Gasteiger partial charge in [0.05, 0.1) is 0 Å². The normalized spacial score (nSPS) is 17.2. The van der Waals surface area contributed by atoms with Crippen LogP contribution in [0.5, 0.6) is 0 Å². The zero-order valence-corrected chi connectivity index (χ0v) is 10.4. The summed E-state index contributed by atoms with van der Waals surface area (Å²) < 4.78 is 23.8. The Bertz CT molecular complexity index is 676. The van der Waals surface area contributed by atoms with Crippen molar-refractivity contribution in [2.45, 2.75) is 30.2 Å². The molecule has 0 bridgehead atoms. The van der Waals surface area contributed by atoms with Crippen LogP contribution >= 0.6 is 10.7 Å². The van der Waals surface area contributed by atoms with Crippen LogP contribution in [0.4, 0.5) is 0 Å². The highest BCUT2D eigenvalue weighted by Crippen LogP contribution is 2.35. The van der Waals surface area contributed by atoms with Gasteiger partial charge < -0.3 is 0 Å². The lowest BCUT2D eigenvalue weighted by Crippen LogP contribution is -2.10. The second-order valence-electron chi connectivity index (χ2n) is 4.24. The van der Waals surface area contributed by atoms with Crippen LogP contribution in [-0.2, 0) is 9.05 Å². The van der Waals surface area contributed by atoms with Crippen LogP contribution in [0.1, 0.15) is 30.7 Å². The van der Waals surface area contributed by atoms with Gasteiger partial charge in [-0.15, -0.1) is 0 Å².